The molecular formula is C14H24N4. The first-order valence-corrected chi connectivity index (χ1v) is 6.70. The van der Waals surface area contributed by atoms with E-state index in [-0.39, 0.29) is 0 Å². The number of rotatable bonds is 6. The number of nitrogens with one attached hydrogen (secondary N) is 1. The lowest BCUT2D eigenvalue weighted by Crippen LogP contribution is -2.49. The Balaban J connectivity index is 1.85. The average molecular weight is 248 g/mol. The summed E-state index contributed by atoms with van der Waals surface area (Å²) in [6, 6.07) is 0. The number of nitrogens with zero attached hydrogens (tertiary/aromatic N) is 3. The molecule has 1 heterocycles. The van der Waals surface area contributed by atoms with Gasteiger partial charge >= 0.3 is 0 Å². The molecule has 1 saturated carbocycles. The van der Waals surface area contributed by atoms with E-state index in [1.807, 2.05) is 12.4 Å². The van der Waals surface area contributed by atoms with Gasteiger partial charge in [0, 0.05) is 36.6 Å². The SMILES string of the molecule is C=Cn1cc(CNCC2(N(C)C)CCCC2)cn1. The van der Waals surface area contributed by atoms with Crippen LogP contribution in [0.2, 0.25) is 0 Å². The normalized spacial score (nSPS) is 18.4. The van der Waals surface area contributed by atoms with Gasteiger partial charge in [-0.25, -0.2) is 4.68 Å². The maximum absolute atomic E-state index is 4.19. The fraction of sp³-hybridized carbons (Fsp3) is 0.643. The van der Waals surface area contributed by atoms with E-state index in [0.717, 1.165) is 13.1 Å². The van der Waals surface area contributed by atoms with Gasteiger partial charge in [0.1, 0.15) is 0 Å². The zero-order valence-corrected chi connectivity index (χ0v) is 11.5. The summed E-state index contributed by atoms with van der Waals surface area (Å²) in [5.41, 5.74) is 1.57. The van der Waals surface area contributed by atoms with Crippen LogP contribution in [0.25, 0.3) is 6.20 Å². The summed E-state index contributed by atoms with van der Waals surface area (Å²) in [4.78, 5) is 2.39. The predicted octanol–water partition coefficient (Wildman–Crippen LogP) is 1.95. The van der Waals surface area contributed by atoms with Gasteiger partial charge < -0.3 is 10.2 Å². The first-order valence-electron chi connectivity index (χ1n) is 6.70. The van der Waals surface area contributed by atoms with Crippen molar-refractivity contribution in [3.8, 4) is 0 Å². The molecule has 0 aromatic carbocycles. The van der Waals surface area contributed by atoms with Crippen LogP contribution in [-0.2, 0) is 6.54 Å². The van der Waals surface area contributed by atoms with Crippen molar-refractivity contribution in [1.82, 2.24) is 20.0 Å². The monoisotopic (exact) mass is 248 g/mol. The highest BCUT2D eigenvalue weighted by Gasteiger charge is 2.35. The second-order valence-corrected chi connectivity index (χ2v) is 5.44. The first kappa shape index (κ1) is 13.3. The van der Waals surface area contributed by atoms with Crippen LogP contribution in [-0.4, -0.2) is 40.9 Å². The van der Waals surface area contributed by atoms with Gasteiger partial charge in [0.05, 0.1) is 6.20 Å². The van der Waals surface area contributed by atoms with E-state index in [1.54, 1.807) is 10.9 Å². The van der Waals surface area contributed by atoms with Crippen molar-refractivity contribution in [3.63, 3.8) is 0 Å². The minimum atomic E-state index is 0.356. The largest absolute Gasteiger partial charge is 0.311 e. The third-order valence-electron chi connectivity index (χ3n) is 4.11. The smallest absolute Gasteiger partial charge is 0.0538 e. The van der Waals surface area contributed by atoms with Gasteiger partial charge in [0.25, 0.3) is 0 Å². The Hall–Kier alpha value is -1.13. The van der Waals surface area contributed by atoms with Crippen LogP contribution >= 0.6 is 0 Å². The molecule has 1 fully saturated rings. The first-order chi connectivity index (χ1) is 8.66. The Bertz CT molecular complexity index is 388. The fourth-order valence-electron chi connectivity index (χ4n) is 2.82. The summed E-state index contributed by atoms with van der Waals surface area (Å²) < 4.78 is 1.74. The summed E-state index contributed by atoms with van der Waals surface area (Å²) in [6.07, 6.45) is 10.9. The van der Waals surface area contributed by atoms with Crippen molar-refractivity contribution >= 4 is 6.20 Å². The highest BCUT2D eigenvalue weighted by Crippen LogP contribution is 2.33. The van der Waals surface area contributed by atoms with Gasteiger partial charge in [0.15, 0.2) is 0 Å². The Morgan fingerprint density at radius 1 is 1.50 bits per heavy atom. The molecule has 0 unspecified atom stereocenters. The van der Waals surface area contributed by atoms with E-state index in [0.29, 0.717) is 5.54 Å². The Morgan fingerprint density at radius 2 is 2.22 bits per heavy atom. The molecule has 18 heavy (non-hydrogen) atoms. The minimum absolute atomic E-state index is 0.356. The van der Waals surface area contributed by atoms with Crippen LogP contribution in [0.15, 0.2) is 19.0 Å². The fourth-order valence-corrected chi connectivity index (χ4v) is 2.82. The molecule has 1 aromatic heterocycles. The zero-order valence-electron chi connectivity index (χ0n) is 11.5. The predicted molar refractivity (Wildman–Crippen MR) is 75.2 cm³/mol. The summed E-state index contributed by atoms with van der Waals surface area (Å²) in [7, 11) is 4.39. The third kappa shape index (κ3) is 2.82. The van der Waals surface area contributed by atoms with Gasteiger partial charge in [-0.3, -0.25) is 0 Å². The zero-order chi connectivity index (χ0) is 13.0. The van der Waals surface area contributed by atoms with E-state index in [9.17, 15) is 0 Å². The molecule has 100 valence electrons. The highest BCUT2D eigenvalue weighted by atomic mass is 15.2. The molecule has 0 atom stereocenters. The van der Waals surface area contributed by atoms with E-state index in [1.165, 1.54) is 31.2 Å². The van der Waals surface area contributed by atoms with Crippen LogP contribution < -0.4 is 5.32 Å². The van der Waals surface area contributed by atoms with Gasteiger partial charge in [-0.1, -0.05) is 19.4 Å². The molecule has 4 nitrogen and oxygen atoms in total. The summed E-state index contributed by atoms with van der Waals surface area (Å²) in [5, 5.41) is 7.76. The third-order valence-corrected chi connectivity index (χ3v) is 4.11. The summed E-state index contributed by atoms with van der Waals surface area (Å²) in [5.74, 6) is 0. The Kier molecular flexibility index (Phi) is 4.19. The second kappa shape index (κ2) is 5.67. The molecule has 0 bridgehead atoms. The second-order valence-electron chi connectivity index (χ2n) is 5.44. The molecule has 1 aromatic rings. The number of aromatic nitrogens is 2. The molecule has 2 rings (SSSR count). The molecule has 1 aliphatic rings. The molecule has 0 aliphatic heterocycles. The maximum atomic E-state index is 4.19. The Morgan fingerprint density at radius 3 is 2.78 bits per heavy atom. The molecule has 1 aliphatic carbocycles. The molecular weight excluding hydrogens is 224 g/mol. The van der Waals surface area contributed by atoms with Gasteiger partial charge in [-0.15, -0.1) is 0 Å². The van der Waals surface area contributed by atoms with Crippen LogP contribution in [0.1, 0.15) is 31.2 Å². The quantitative estimate of drug-likeness (QED) is 0.835. The summed E-state index contributed by atoms with van der Waals surface area (Å²) in [6.45, 7) is 5.63. The Labute approximate surface area is 110 Å². The molecule has 1 N–H and O–H groups in total. The number of hydrogen-bond acceptors (Lipinski definition) is 3. The lowest BCUT2D eigenvalue weighted by atomic mass is 9.96. The van der Waals surface area contributed by atoms with Crippen molar-refractivity contribution < 1.29 is 0 Å². The van der Waals surface area contributed by atoms with Crippen LogP contribution in [0.3, 0.4) is 0 Å². The van der Waals surface area contributed by atoms with Crippen molar-refractivity contribution in [2.75, 3.05) is 20.6 Å². The van der Waals surface area contributed by atoms with Gasteiger partial charge in [-0.2, -0.15) is 5.10 Å². The molecule has 0 radical (unpaired) electrons. The van der Waals surface area contributed by atoms with Crippen molar-refractivity contribution in [3.05, 3.63) is 24.5 Å². The minimum Gasteiger partial charge on any atom is -0.311 e. The van der Waals surface area contributed by atoms with Crippen LogP contribution in [0.5, 0.6) is 0 Å². The van der Waals surface area contributed by atoms with Gasteiger partial charge in [-0.05, 0) is 26.9 Å². The van der Waals surface area contributed by atoms with Crippen molar-refractivity contribution in [1.29, 1.82) is 0 Å². The molecule has 4 heteroatoms. The van der Waals surface area contributed by atoms with Crippen molar-refractivity contribution in [2.45, 2.75) is 37.8 Å². The molecule has 0 saturated heterocycles. The molecule has 0 spiro atoms. The van der Waals surface area contributed by atoms with E-state index < -0.39 is 0 Å². The van der Waals surface area contributed by atoms with E-state index >= 15 is 0 Å². The highest BCUT2D eigenvalue weighted by molar-refractivity contribution is 5.17. The average Bonchev–Trinajstić information content (AvgIpc) is 2.98. The maximum Gasteiger partial charge on any atom is 0.0538 e. The van der Waals surface area contributed by atoms with E-state index in [2.05, 4.69) is 36.0 Å². The van der Waals surface area contributed by atoms with Crippen LogP contribution in [0, 0.1) is 0 Å². The molecule has 0 amide bonds. The number of likely N-dealkylation sites (N-methyl/N-ethyl adjacent to an activating group) is 1. The van der Waals surface area contributed by atoms with Crippen LogP contribution in [0.4, 0.5) is 0 Å². The van der Waals surface area contributed by atoms with Crippen molar-refractivity contribution in [2.24, 2.45) is 0 Å². The standard InChI is InChI=1S/C14H24N4/c1-4-18-11-13(10-16-18)9-15-12-14(17(2)3)7-5-6-8-14/h4,10-11,15H,1,5-9,12H2,2-3H3. The van der Waals surface area contributed by atoms with E-state index in [4.69, 9.17) is 0 Å². The lowest BCUT2D eigenvalue weighted by Gasteiger charge is -2.36. The summed E-state index contributed by atoms with van der Waals surface area (Å²) >= 11 is 0. The number of hydrogen-bond donors (Lipinski definition) is 1. The van der Waals surface area contributed by atoms with Gasteiger partial charge in [0.2, 0.25) is 0 Å². The lowest BCUT2D eigenvalue weighted by molar-refractivity contribution is 0.153. The topological polar surface area (TPSA) is 33.1 Å².